The maximum absolute atomic E-state index is 13.3. The molecular weight excluding hydrogens is 1120 g/mol. The Hall–Kier alpha value is -3.82. The number of methoxy groups -OCH3 is 2. The second-order valence-corrected chi connectivity index (χ2v) is 20.5. The summed E-state index contributed by atoms with van der Waals surface area (Å²) in [4.78, 5) is 47.1. The van der Waals surface area contributed by atoms with Gasteiger partial charge in [-0.15, -0.1) is 12.4 Å². The Labute approximate surface area is 495 Å². The molecule has 0 spiro atoms. The largest absolute Gasteiger partial charge is 0.447 e. The van der Waals surface area contributed by atoms with Crippen molar-refractivity contribution in [3.63, 3.8) is 0 Å². The van der Waals surface area contributed by atoms with Crippen LogP contribution in [-0.4, -0.2) is 196 Å². The number of amides is 3. The zero-order chi connectivity index (χ0) is 55.2. The summed E-state index contributed by atoms with van der Waals surface area (Å²) in [6, 6.07) is 31.0. The maximum Gasteiger partial charge on any atom is 0.407 e. The molecule has 4 aromatic rings. The molecule has 0 aromatic heterocycles. The molecule has 4 atom stereocenters. The number of nitrogens with zero attached hydrogens (tertiary/aromatic N) is 4. The first-order chi connectivity index (χ1) is 37.3. The highest BCUT2D eigenvalue weighted by Gasteiger charge is 2.31. The number of ether oxygens (including phenoxy) is 7. The summed E-state index contributed by atoms with van der Waals surface area (Å²) in [5.41, 5.74) is 3.84. The summed E-state index contributed by atoms with van der Waals surface area (Å²) in [7, 11) is 7.00. The number of carbonyl (C=O) groups is 3. The summed E-state index contributed by atoms with van der Waals surface area (Å²) < 4.78 is 36.9. The molecule has 16 nitrogen and oxygen atoms in total. The number of likely N-dealkylation sites (tertiary alicyclic amines) is 2. The van der Waals surface area contributed by atoms with Gasteiger partial charge in [-0.25, -0.2) is 4.79 Å². The van der Waals surface area contributed by atoms with E-state index in [1.807, 2.05) is 79.7 Å². The first-order valence-corrected chi connectivity index (χ1v) is 27.8. The van der Waals surface area contributed by atoms with Crippen LogP contribution in [0.2, 0.25) is 20.1 Å². The van der Waals surface area contributed by atoms with E-state index in [0.717, 1.165) is 67.8 Å². The van der Waals surface area contributed by atoms with Crippen LogP contribution >= 0.6 is 58.8 Å². The molecule has 0 bridgehead atoms. The molecule has 2 N–H and O–H groups in total. The van der Waals surface area contributed by atoms with Gasteiger partial charge in [0.25, 0.3) is 0 Å². The lowest BCUT2D eigenvalue weighted by Gasteiger charge is -2.32. The minimum absolute atomic E-state index is 0. The van der Waals surface area contributed by atoms with Crippen LogP contribution in [0.25, 0.3) is 0 Å². The monoisotopic (exact) mass is 1200 g/mol. The fourth-order valence-electron chi connectivity index (χ4n) is 8.93. The smallest absolute Gasteiger partial charge is 0.407 e. The Kier molecular flexibility index (Phi) is 34.8. The van der Waals surface area contributed by atoms with Crippen molar-refractivity contribution < 1.29 is 47.5 Å². The zero-order valence-electron chi connectivity index (χ0n) is 45.4. The van der Waals surface area contributed by atoms with Crippen LogP contribution in [-0.2, 0) is 55.6 Å². The van der Waals surface area contributed by atoms with Crippen LogP contribution in [0.1, 0.15) is 54.6 Å². The van der Waals surface area contributed by atoms with E-state index in [9.17, 15) is 14.4 Å². The highest BCUT2D eigenvalue weighted by Crippen LogP contribution is 2.28. The number of rotatable bonds is 32. The molecule has 0 unspecified atom stereocenters. The van der Waals surface area contributed by atoms with Crippen LogP contribution in [0.4, 0.5) is 4.79 Å². The standard InChI is InChI=1S/C29H39Cl2N3O6.C28H39Cl2N3O4.CH4.ClH/c1-33(28(35)19-22-8-9-25(30)26(31)18-22)27(23-6-4-3-5-7-23)21-34-11-10-24(20-34)32-29(36)40-17-16-39-15-14-38-13-12-37-2;1-32(28(34)19-22-8-9-25(29)26(30)18-22)27(23-6-4-3-5-7-23)21-33-12-10-24(20-33)31-11-13-36-16-17-37-15-14-35-2;;/h3-9,18,24,27H,10-17,19-21H2,1-2H3,(H,32,36);3-9,18,24,27,31H,10-17,19-21H2,1-2H3;1H4;1H/t2*24-,27+;;/m00../s1. The van der Waals surface area contributed by atoms with Crippen molar-refractivity contribution in [2.75, 3.05) is 147 Å². The number of hydrogen-bond donors (Lipinski definition) is 2. The van der Waals surface area contributed by atoms with Gasteiger partial charge < -0.3 is 53.6 Å². The number of carbonyl (C=O) groups excluding carboxylic acids is 3. The molecule has 0 saturated carbocycles. The summed E-state index contributed by atoms with van der Waals surface area (Å²) in [5, 5.41) is 8.38. The van der Waals surface area contributed by atoms with Crippen molar-refractivity contribution >= 4 is 76.7 Å². The quantitative estimate of drug-likeness (QED) is 0.0447. The second kappa shape index (κ2) is 39.6. The van der Waals surface area contributed by atoms with E-state index < -0.39 is 6.09 Å². The summed E-state index contributed by atoms with van der Waals surface area (Å²) in [5.74, 6) is 0.0258. The van der Waals surface area contributed by atoms with E-state index >= 15 is 0 Å². The molecule has 2 fully saturated rings. The Bertz CT molecular complexity index is 2340. The molecule has 2 aliphatic heterocycles. The lowest BCUT2D eigenvalue weighted by atomic mass is 10.0. The van der Waals surface area contributed by atoms with Crippen LogP contribution < -0.4 is 10.6 Å². The van der Waals surface area contributed by atoms with Gasteiger partial charge in [-0.05, 0) is 65.9 Å². The Morgan fingerprint density at radius 3 is 1.41 bits per heavy atom. The molecule has 2 saturated heterocycles. The van der Waals surface area contributed by atoms with E-state index in [1.165, 1.54) is 0 Å². The zero-order valence-corrected chi connectivity index (χ0v) is 49.2. The van der Waals surface area contributed by atoms with Gasteiger partial charge in [0, 0.05) is 79.7 Å². The summed E-state index contributed by atoms with van der Waals surface area (Å²) >= 11 is 24.4. The lowest BCUT2D eigenvalue weighted by Crippen LogP contribution is -2.41. The van der Waals surface area contributed by atoms with E-state index in [2.05, 4.69) is 32.6 Å². The van der Waals surface area contributed by atoms with Gasteiger partial charge in [0.1, 0.15) is 6.61 Å². The molecule has 4 aromatic carbocycles. The first kappa shape index (κ1) is 69.4. The van der Waals surface area contributed by atoms with Gasteiger partial charge in [0.2, 0.25) is 11.8 Å². The molecule has 0 radical (unpaired) electrons. The third-order valence-electron chi connectivity index (χ3n) is 13.2. The molecule has 440 valence electrons. The fourth-order valence-corrected chi connectivity index (χ4v) is 9.58. The topological polar surface area (TPSA) is 153 Å². The van der Waals surface area contributed by atoms with Crippen molar-refractivity contribution in [1.82, 2.24) is 30.2 Å². The lowest BCUT2D eigenvalue weighted by molar-refractivity contribution is -0.132. The van der Waals surface area contributed by atoms with Crippen molar-refractivity contribution in [2.24, 2.45) is 0 Å². The molecular formula is C58H83Cl5N6O10. The van der Waals surface area contributed by atoms with Gasteiger partial charge in [0.15, 0.2) is 0 Å². The normalized spacial score (nSPS) is 15.9. The first-order valence-electron chi connectivity index (χ1n) is 26.2. The van der Waals surface area contributed by atoms with Crippen molar-refractivity contribution in [2.45, 2.75) is 57.3 Å². The molecule has 2 heterocycles. The Morgan fingerprint density at radius 2 is 0.962 bits per heavy atom. The number of likely N-dealkylation sites (N-methyl/N-ethyl adjacent to an activating group) is 2. The van der Waals surface area contributed by atoms with E-state index in [1.54, 1.807) is 43.4 Å². The molecule has 2 aliphatic rings. The van der Waals surface area contributed by atoms with Crippen LogP contribution in [0, 0.1) is 0 Å². The van der Waals surface area contributed by atoms with Crippen LogP contribution in [0.15, 0.2) is 97.1 Å². The van der Waals surface area contributed by atoms with Gasteiger partial charge in [0.05, 0.1) is 111 Å². The van der Waals surface area contributed by atoms with Gasteiger partial charge in [-0.1, -0.05) is 127 Å². The third kappa shape index (κ3) is 25.9. The highest BCUT2D eigenvalue weighted by molar-refractivity contribution is 6.42. The number of alkyl carbamates (subject to hydrolysis) is 1. The number of halogens is 5. The van der Waals surface area contributed by atoms with Gasteiger partial charge in [-0.2, -0.15) is 0 Å². The molecule has 79 heavy (non-hydrogen) atoms. The number of benzene rings is 4. The fraction of sp³-hybridized carbons (Fsp3) is 0.534. The number of nitrogens with one attached hydrogen (secondary N) is 2. The van der Waals surface area contributed by atoms with E-state index in [0.29, 0.717) is 105 Å². The van der Waals surface area contributed by atoms with Crippen molar-refractivity contribution in [3.8, 4) is 0 Å². The molecule has 6 rings (SSSR count). The van der Waals surface area contributed by atoms with Gasteiger partial charge in [-0.3, -0.25) is 19.4 Å². The predicted octanol–water partition coefficient (Wildman–Crippen LogP) is 9.35. The molecule has 21 heteroatoms. The Morgan fingerprint density at radius 1 is 0.557 bits per heavy atom. The third-order valence-corrected chi connectivity index (χ3v) is 14.7. The SMILES string of the molecule is C.COCCOCCOCCN[C@H]1CCN(C[C@H](c2ccccc2)N(C)C(=O)Cc2ccc(Cl)c(Cl)c2)C1.COCCOCCOCCOC(=O)N[C@H]1CCN(C[C@H](c2ccccc2)N(C)C(=O)Cc2ccc(Cl)c(Cl)c2)C1.Cl. The van der Waals surface area contributed by atoms with E-state index in [4.69, 9.17) is 79.6 Å². The average molecular weight is 1200 g/mol. The Balaban J connectivity index is 0.000000406. The minimum atomic E-state index is -0.458. The van der Waals surface area contributed by atoms with Crippen LogP contribution in [0.3, 0.4) is 0 Å². The van der Waals surface area contributed by atoms with Crippen molar-refractivity contribution in [3.05, 3.63) is 139 Å². The summed E-state index contributed by atoms with van der Waals surface area (Å²) in [6.07, 6.45) is 1.91. The van der Waals surface area contributed by atoms with Crippen molar-refractivity contribution in [1.29, 1.82) is 0 Å². The predicted molar refractivity (Wildman–Crippen MR) is 317 cm³/mol. The number of hydrogen-bond acceptors (Lipinski definition) is 13. The maximum atomic E-state index is 13.3. The molecule has 0 aliphatic carbocycles. The second-order valence-electron chi connectivity index (χ2n) is 18.9. The summed E-state index contributed by atoms with van der Waals surface area (Å²) in [6.45, 7) is 11.1. The van der Waals surface area contributed by atoms with E-state index in [-0.39, 0.29) is 69.2 Å². The minimum Gasteiger partial charge on any atom is -0.447 e. The average Bonchev–Trinajstić information content (AvgIpc) is 4.10. The highest BCUT2D eigenvalue weighted by atomic mass is 35.5. The van der Waals surface area contributed by atoms with Gasteiger partial charge >= 0.3 is 6.09 Å². The molecule has 3 amide bonds. The van der Waals surface area contributed by atoms with Crippen LogP contribution in [0.5, 0.6) is 0 Å².